The van der Waals surface area contributed by atoms with Crippen molar-refractivity contribution in [3.05, 3.63) is 83.4 Å². The van der Waals surface area contributed by atoms with E-state index >= 15 is 0 Å². The highest BCUT2D eigenvalue weighted by Crippen LogP contribution is 2.43. The Bertz CT molecular complexity index is 1620. The first-order chi connectivity index (χ1) is 22.6. The Hall–Kier alpha value is -4.79. The summed E-state index contributed by atoms with van der Waals surface area (Å²) in [7, 11) is 0. The Morgan fingerprint density at radius 2 is 1.66 bits per heavy atom. The molecule has 47 heavy (non-hydrogen) atoms. The minimum Gasteiger partial charge on any atom is -0.508 e. The second kappa shape index (κ2) is 15.2. The van der Waals surface area contributed by atoms with Crippen LogP contribution in [0.5, 0.6) is 23.0 Å². The number of carbonyl (C=O) groups excluding carboxylic acids is 3. The topological polar surface area (TPSA) is 129 Å². The Morgan fingerprint density at radius 1 is 0.915 bits per heavy atom. The zero-order valence-corrected chi connectivity index (χ0v) is 27.0. The molecule has 9 heteroatoms. The number of esters is 2. The third-order valence-electron chi connectivity index (χ3n) is 9.01. The second-order valence-corrected chi connectivity index (χ2v) is 12.5. The maximum atomic E-state index is 13.2. The quantitative estimate of drug-likeness (QED) is 0.0654. The normalized spacial score (nSPS) is 19.0. The van der Waals surface area contributed by atoms with Gasteiger partial charge in [-0.2, -0.15) is 0 Å². The van der Waals surface area contributed by atoms with E-state index in [2.05, 4.69) is 25.6 Å². The summed E-state index contributed by atoms with van der Waals surface area (Å²) in [5, 5.41) is 20.2. The molecular weight excluding hydrogens is 600 g/mol. The van der Waals surface area contributed by atoms with E-state index in [1.165, 1.54) is 81.7 Å². The van der Waals surface area contributed by atoms with E-state index in [0.29, 0.717) is 17.0 Å². The summed E-state index contributed by atoms with van der Waals surface area (Å²) >= 11 is 0. The number of aromatic hydroxyl groups is 2. The molecule has 0 radical (unpaired) electrons. The lowest BCUT2D eigenvalue weighted by Gasteiger charge is -2.29. The highest BCUT2D eigenvalue weighted by molar-refractivity contribution is 5.95. The molecule has 0 aromatic heterocycles. The van der Waals surface area contributed by atoms with Crippen molar-refractivity contribution in [1.82, 2.24) is 0 Å². The smallest absolute Gasteiger partial charge is 0.508 e. The fraction of sp³-hybridized carbons (Fsp3) is 0.395. The standard InChI is InChI=1S/C38H42O9/c1-4-5-6-7-8-24-9-11-25(12-10-24)26-13-15-27(16-14-26)29-20-34(46-37(42)30-19-28(39)17-18-32(30)40)31(35-22-44-38(43)47-35)21-33(29)45-36(41)23(2)3/h13-21,24-25,35,39-40H,2,4-12,22H2,1,3H3. The fourth-order valence-corrected chi connectivity index (χ4v) is 6.32. The van der Waals surface area contributed by atoms with E-state index in [1.54, 1.807) is 0 Å². The third-order valence-corrected chi connectivity index (χ3v) is 9.01. The summed E-state index contributed by atoms with van der Waals surface area (Å²) in [5.74, 6) is -0.829. The molecule has 3 aromatic carbocycles. The van der Waals surface area contributed by atoms with Crippen molar-refractivity contribution in [2.75, 3.05) is 6.61 Å². The van der Waals surface area contributed by atoms with Crippen molar-refractivity contribution < 1.29 is 43.5 Å². The molecule has 248 valence electrons. The van der Waals surface area contributed by atoms with Crippen LogP contribution in [0.4, 0.5) is 4.79 Å². The molecule has 0 spiro atoms. The monoisotopic (exact) mass is 642 g/mol. The first-order valence-electron chi connectivity index (χ1n) is 16.4. The Labute approximate surface area is 275 Å². The molecule has 9 nitrogen and oxygen atoms in total. The van der Waals surface area contributed by atoms with Crippen molar-refractivity contribution in [3.8, 4) is 34.1 Å². The van der Waals surface area contributed by atoms with E-state index in [0.717, 1.165) is 24.8 Å². The van der Waals surface area contributed by atoms with Gasteiger partial charge in [-0.15, -0.1) is 0 Å². The van der Waals surface area contributed by atoms with Gasteiger partial charge in [0.25, 0.3) is 0 Å². The molecule has 5 rings (SSSR count). The number of benzene rings is 3. The van der Waals surface area contributed by atoms with Crippen LogP contribution in [0.25, 0.3) is 11.1 Å². The number of carbonyl (C=O) groups is 3. The maximum Gasteiger partial charge on any atom is 0.509 e. The van der Waals surface area contributed by atoms with E-state index in [4.69, 9.17) is 18.9 Å². The summed E-state index contributed by atoms with van der Waals surface area (Å²) in [4.78, 5) is 37.8. The first kappa shape index (κ1) is 33.6. The molecule has 1 unspecified atom stereocenters. The van der Waals surface area contributed by atoms with E-state index in [9.17, 15) is 24.6 Å². The van der Waals surface area contributed by atoms with Crippen LogP contribution in [-0.4, -0.2) is 34.9 Å². The zero-order chi connectivity index (χ0) is 33.5. The number of phenolic OH excluding ortho intramolecular Hbond substituents is 2. The number of phenols is 2. The Kier molecular flexibility index (Phi) is 10.9. The van der Waals surface area contributed by atoms with Gasteiger partial charge in [-0.1, -0.05) is 69.9 Å². The van der Waals surface area contributed by atoms with Gasteiger partial charge >= 0.3 is 18.1 Å². The molecule has 2 N–H and O–H groups in total. The number of cyclic esters (lactones) is 2. The van der Waals surface area contributed by atoms with Gasteiger partial charge in [0.15, 0.2) is 6.10 Å². The van der Waals surface area contributed by atoms with Gasteiger partial charge in [0, 0.05) is 16.7 Å². The fourth-order valence-electron chi connectivity index (χ4n) is 6.32. The van der Waals surface area contributed by atoms with Crippen molar-refractivity contribution in [3.63, 3.8) is 0 Å². The van der Waals surface area contributed by atoms with Crippen LogP contribution in [0.3, 0.4) is 0 Å². The number of rotatable bonds is 12. The first-order valence-corrected chi connectivity index (χ1v) is 16.4. The van der Waals surface area contributed by atoms with Gasteiger partial charge in [-0.05, 0) is 85.9 Å². The summed E-state index contributed by atoms with van der Waals surface area (Å²) in [6, 6.07) is 14.6. The summed E-state index contributed by atoms with van der Waals surface area (Å²) in [5.41, 5.74) is 2.51. The molecule has 0 bridgehead atoms. The van der Waals surface area contributed by atoms with Gasteiger partial charge in [0.2, 0.25) is 0 Å². The number of unbranched alkanes of at least 4 members (excludes halogenated alkanes) is 3. The maximum absolute atomic E-state index is 13.2. The van der Waals surface area contributed by atoms with Crippen LogP contribution in [-0.2, 0) is 14.3 Å². The van der Waals surface area contributed by atoms with Crippen LogP contribution in [0.1, 0.15) is 105 Å². The third kappa shape index (κ3) is 8.33. The molecule has 2 fully saturated rings. The Balaban J connectivity index is 1.45. The lowest BCUT2D eigenvalue weighted by molar-refractivity contribution is -0.130. The number of ether oxygens (including phenoxy) is 4. The summed E-state index contributed by atoms with van der Waals surface area (Å²) < 4.78 is 21.8. The zero-order valence-electron chi connectivity index (χ0n) is 27.0. The van der Waals surface area contributed by atoms with Gasteiger partial charge in [0.05, 0.1) is 0 Å². The SMILES string of the molecule is C=C(C)C(=O)Oc1cc(C2COC(=O)O2)c(OC(=O)c2cc(O)ccc2O)cc1-c1ccc(C2CCC(CCCCCC)CC2)cc1. The van der Waals surface area contributed by atoms with Crippen molar-refractivity contribution in [2.24, 2.45) is 5.92 Å². The van der Waals surface area contributed by atoms with Crippen LogP contribution >= 0.6 is 0 Å². The molecule has 1 atom stereocenters. The van der Waals surface area contributed by atoms with E-state index in [-0.39, 0.29) is 40.6 Å². The highest BCUT2D eigenvalue weighted by atomic mass is 16.8. The average molecular weight is 643 g/mol. The van der Waals surface area contributed by atoms with Crippen molar-refractivity contribution in [1.29, 1.82) is 0 Å². The largest absolute Gasteiger partial charge is 0.509 e. The van der Waals surface area contributed by atoms with Gasteiger partial charge < -0.3 is 29.2 Å². The van der Waals surface area contributed by atoms with Crippen LogP contribution in [0, 0.1) is 5.92 Å². The van der Waals surface area contributed by atoms with Crippen LogP contribution < -0.4 is 9.47 Å². The Morgan fingerprint density at radius 3 is 2.32 bits per heavy atom. The average Bonchev–Trinajstić information content (AvgIpc) is 3.50. The number of hydrogen-bond acceptors (Lipinski definition) is 9. The van der Waals surface area contributed by atoms with Crippen LogP contribution in [0.15, 0.2) is 66.7 Å². The van der Waals surface area contributed by atoms with Gasteiger partial charge in [0.1, 0.15) is 35.2 Å². The minimum atomic E-state index is -0.969. The predicted molar refractivity (Wildman–Crippen MR) is 176 cm³/mol. The predicted octanol–water partition coefficient (Wildman–Crippen LogP) is 8.92. The van der Waals surface area contributed by atoms with E-state index < -0.39 is 29.9 Å². The van der Waals surface area contributed by atoms with Gasteiger partial charge in [-0.25, -0.2) is 14.4 Å². The molecule has 3 aromatic rings. The second-order valence-electron chi connectivity index (χ2n) is 12.5. The molecule has 0 amide bonds. The molecule has 1 heterocycles. The van der Waals surface area contributed by atoms with E-state index in [1.807, 2.05) is 12.1 Å². The highest BCUT2D eigenvalue weighted by Gasteiger charge is 2.32. The molecule has 1 saturated heterocycles. The van der Waals surface area contributed by atoms with Crippen molar-refractivity contribution >= 4 is 18.1 Å². The summed E-state index contributed by atoms with van der Waals surface area (Å²) in [6.45, 7) is 7.29. The molecule has 1 aliphatic carbocycles. The molecular formula is C38H42O9. The summed E-state index contributed by atoms with van der Waals surface area (Å²) in [6.07, 6.45) is 9.43. The lowest BCUT2D eigenvalue weighted by Crippen LogP contribution is -2.14. The molecule has 2 aliphatic rings. The van der Waals surface area contributed by atoms with Gasteiger partial charge in [-0.3, -0.25) is 0 Å². The lowest BCUT2D eigenvalue weighted by atomic mass is 9.77. The van der Waals surface area contributed by atoms with Crippen molar-refractivity contribution in [2.45, 2.75) is 83.7 Å². The van der Waals surface area contributed by atoms with Crippen LogP contribution in [0.2, 0.25) is 0 Å². The molecule has 1 saturated carbocycles. The minimum absolute atomic E-state index is 0.00694. The molecule has 1 aliphatic heterocycles. The number of hydrogen-bond donors (Lipinski definition) is 2.